The molecule has 1 aliphatic carbocycles. The molecule has 3 unspecified atom stereocenters. The number of pyridine rings is 1. The number of carbonyl (C=O) groups excluding carboxylic acids is 2. The van der Waals surface area contributed by atoms with Crippen LogP contribution in [-0.4, -0.2) is 64.7 Å². The first kappa shape index (κ1) is 19.5. The molecule has 0 radical (unpaired) electrons. The third-order valence-corrected chi connectivity index (χ3v) is 5.91. The number of amides is 2. The molecule has 2 aromatic rings. The van der Waals surface area contributed by atoms with E-state index in [9.17, 15) is 9.59 Å². The van der Waals surface area contributed by atoms with Gasteiger partial charge in [-0.1, -0.05) is 11.2 Å². The minimum absolute atomic E-state index is 0.0465. The predicted molar refractivity (Wildman–Crippen MR) is 102 cm³/mol. The molecule has 4 rings (SSSR count). The maximum Gasteiger partial charge on any atom is 0.270 e. The molecule has 2 fully saturated rings. The first-order chi connectivity index (χ1) is 13.9. The Labute approximate surface area is 168 Å². The zero-order valence-corrected chi connectivity index (χ0v) is 16.8. The molecule has 2 amide bonds. The van der Waals surface area contributed by atoms with E-state index in [1.54, 1.807) is 17.9 Å². The summed E-state index contributed by atoms with van der Waals surface area (Å²) >= 11 is 0. The lowest BCUT2D eigenvalue weighted by Crippen LogP contribution is -2.40. The van der Waals surface area contributed by atoms with Crippen molar-refractivity contribution in [2.75, 3.05) is 26.8 Å². The monoisotopic (exact) mass is 399 g/mol. The number of ether oxygens (including phenoxy) is 1. The van der Waals surface area contributed by atoms with Crippen LogP contribution in [0.1, 0.15) is 40.7 Å². The van der Waals surface area contributed by atoms with Crippen LogP contribution in [0, 0.1) is 19.8 Å². The highest BCUT2D eigenvalue weighted by molar-refractivity contribution is 5.92. The Hall–Kier alpha value is -2.81. The van der Waals surface area contributed by atoms with Gasteiger partial charge in [0.05, 0.1) is 5.41 Å². The molecule has 3 atom stereocenters. The molecule has 1 aliphatic heterocycles. The highest BCUT2D eigenvalue weighted by atomic mass is 16.5. The van der Waals surface area contributed by atoms with Crippen molar-refractivity contribution in [3.63, 3.8) is 0 Å². The Bertz CT molecular complexity index is 929. The van der Waals surface area contributed by atoms with Crippen LogP contribution >= 0.6 is 0 Å². The molecular weight excluding hydrogens is 374 g/mol. The Morgan fingerprint density at radius 3 is 2.86 bits per heavy atom. The standard InChI is InChI=1S/C20H25N5O4/c1-12-5-4-6-16(21-12)18(27)23-15-7-14-9-25(17(26)10-28-3)11-20(14,8-15)19-22-13(2)24-29-19/h4-6,14-15H,7-11H2,1-3H3,(H,23,27). The molecule has 9 heteroatoms. The van der Waals surface area contributed by atoms with Crippen molar-refractivity contribution >= 4 is 11.8 Å². The van der Waals surface area contributed by atoms with Gasteiger partial charge in [-0.15, -0.1) is 0 Å². The zero-order valence-electron chi connectivity index (χ0n) is 16.8. The molecule has 1 saturated heterocycles. The number of likely N-dealkylation sites (tertiary alicyclic amines) is 1. The fraction of sp³-hybridized carbons (Fsp3) is 0.550. The van der Waals surface area contributed by atoms with Gasteiger partial charge in [-0.3, -0.25) is 9.59 Å². The highest BCUT2D eigenvalue weighted by Gasteiger charge is 2.58. The van der Waals surface area contributed by atoms with E-state index in [-0.39, 0.29) is 30.4 Å². The molecule has 1 N–H and O–H groups in total. The van der Waals surface area contributed by atoms with Gasteiger partial charge in [0.1, 0.15) is 12.3 Å². The lowest BCUT2D eigenvalue weighted by Gasteiger charge is -2.25. The lowest BCUT2D eigenvalue weighted by atomic mass is 9.80. The van der Waals surface area contributed by atoms with Gasteiger partial charge in [-0.2, -0.15) is 4.98 Å². The number of hydrogen-bond donors (Lipinski definition) is 1. The van der Waals surface area contributed by atoms with E-state index < -0.39 is 5.41 Å². The summed E-state index contributed by atoms with van der Waals surface area (Å²) in [4.78, 5) is 35.6. The highest BCUT2D eigenvalue weighted by Crippen LogP contribution is 2.50. The molecule has 3 heterocycles. The molecule has 0 bridgehead atoms. The van der Waals surface area contributed by atoms with Gasteiger partial charge >= 0.3 is 0 Å². The van der Waals surface area contributed by atoms with Crippen LogP contribution in [0.15, 0.2) is 22.7 Å². The van der Waals surface area contributed by atoms with Crippen molar-refractivity contribution in [1.29, 1.82) is 0 Å². The SMILES string of the molecule is COCC(=O)N1CC2CC(NC(=O)c3cccc(C)n3)CC2(c2nc(C)no2)C1. The average Bonchev–Trinajstić information content (AvgIpc) is 3.34. The zero-order chi connectivity index (χ0) is 20.6. The third-order valence-electron chi connectivity index (χ3n) is 5.91. The van der Waals surface area contributed by atoms with Crippen LogP contribution in [0.5, 0.6) is 0 Å². The van der Waals surface area contributed by atoms with Gasteiger partial charge in [0, 0.05) is 31.9 Å². The van der Waals surface area contributed by atoms with Crippen LogP contribution in [0.25, 0.3) is 0 Å². The number of aryl methyl sites for hydroxylation is 2. The van der Waals surface area contributed by atoms with Gasteiger partial charge < -0.3 is 19.5 Å². The number of fused-ring (bicyclic) bond motifs is 1. The number of methoxy groups -OCH3 is 1. The summed E-state index contributed by atoms with van der Waals surface area (Å²) in [5.41, 5.74) is 0.746. The van der Waals surface area contributed by atoms with E-state index in [0.29, 0.717) is 36.9 Å². The van der Waals surface area contributed by atoms with E-state index in [1.165, 1.54) is 7.11 Å². The van der Waals surface area contributed by atoms with Crippen LogP contribution < -0.4 is 5.32 Å². The summed E-state index contributed by atoms with van der Waals surface area (Å²) in [6.45, 7) is 4.74. The molecule has 2 aliphatic rings. The number of hydrogen-bond acceptors (Lipinski definition) is 7. The molecule has 1 saturated carbocycles. The van der Waals surface area contributed by atoms with Crippen LogP contribution in [-0.2, 0) is 14.9 Å². The fourth-order valence-corrected chi connectivity index (χ4v) is 4.65. The molecule has 0 spiro atoms. The molecule has 9 nitrogen and oxygen atoms in total. The second-order valence-corrected chi connectivity index (χ2v) is 7.98. The molecule has 0 aromatic carbocycles. The van der Waals surface area contributed by atoms with Gasteiger partial charge in [0.2, 0.25) is 11.8 Å². The minimum atomic E-state index is -0.456. The topological polar surface area (TPSA) is 110 Å². The lowest BCUT2D eigenvalue weighted by molar-refractivity contribution is -0.134. The second kappa shape index (κ2) is 7.55. The number of carbonyl (C=O) groups is 2. The van der Waals surface area contributed by atoms with E-state index in [2.05, 4.69) is 20.4 Å². The average molecular weight is 399 g/mol. The number of rotatable bonds is 5. The predicted octanol–water partition coefficient (Wildman–Crippen LogP) is 1.02. The number of nitrogens with one attached hydrogen (secondary N) is 1. The second-order valence-electron chi connectivity index (χ2n) is 7.98. The Kier molecular flexibility index (Phi) is 5.08. The Morgan fingerprint density at radius 2 is 2.17 bits per heavy atom. The van der Waals surface area contributed by atoms with E-state index in [1.807, 2.05) is 19.1 Å². The molecule has 2 aromatic heterocycles. The Morgan fingerprint density at radius 1 is 1.34 bits per heavy atom. The molecular formula is C20H25N5O4. The van der Waals surface area contributed by atoms with Crippen molar-refractivity contribution in [2.24, 2.45) is 5.92 Å². The van der Waals surface area contributed by atoms with E-state index in [0.717, 1.165) is 12.1 Å². The van der Waals surface area contributed by atoms with Gasteiger partial charge in [0.25, 0.3) is 5.91 Å². The van der Waals surface area contributed by atoms with Crippen LogP contribution in [0.3, 0.4) is 0 Å². The molecule has 29 heavy (non-hydrogen) atoms. The normalized spacial score (nSPS) is 25.8. The van der Waals surface area contributed by atoms with E-state index in [4.69, 9.17) is 9.26 Å². The first-order valence-corrected chi connectivity index (χ1v) is 9.73. The van der Waals surface area contributed by atoms with Crippen molar-refractivity contribution in [3.8, 4) is 0 Å². The van der Waals surface area contributed by atoms with Crippen molar-refractivity contribution < 1.29 is 18.8 Å². The summed E-state index contributed by atoms with van der Waals surface area (Å²) in [6.07, 6.45) is 1.36. The summed E-state index contributed by atoms with van der Waals surface area (Å²) in [5.74, 6) is 0.980. The largest absolute Gasteiger partial charge is 0.375 e. The van der Waals surface area contributed by atoms with Gasteiger partial charge in [-0.05, 0) is 44.7 Å². The van der Waals surface area contributed by atoms with Crippen LogP contribution in [0.4, 0.5) is 0 Å². The minimum Gasteiger partial charge on any atom is -0.375 e. The van der Waals surface area contributed by atoms with Crippen molar-refractivity contribution in [2.45, 2.75) is 38.1 Å². The number of aromatic nitrogens is 3. The van der Waals surface area contributed by atoms with Crippen LogP contribution in [0.2, 0.25) is 0 Å². The van der Waals surface area contributed by atoms with Crippen molar-refractivity contribution in [1.82, 2.24) is 25.3 Å². The van der Waals surface area contributed by atoms with Gasteiger partial charge in [0.15, 0.2) is 5.82 Å². The quantitative estimate of drug-likeness (QED) is 0.799. The summed E-state index contributed by atoms with van der Waals surface area (Å²) in [7, 11) is 1.51. The van der Waals surface area contributed by atoms with Gasteiger partial charge in [-0.25, -0.2) is 4.98 Å². The first-order valence-electron chi connectivity index (χ1n) is 9.73. The van der Waals surface area contributed by atoms with E-state index >= 15 is 0 Å². The molecule has 154 valence electrons. The maximum atomic E-state index is 12.7. The smallest absolute Gasteiger partial charge is 0.270 e. The van der Waals surface area contributed by atoms with Crippen molar-refractivity contribution in [3.05, 3.63) is 41.3 Å². The third kappa shape index (κ3) is 3.62. The number of nitrogens with zero attached hydrogens (tertiary/aromatic N) is 4. The summed E-state index contributed by atoms with van der Waals surface area (Å²) in [6, 6.07) is 5.33. The summed E-state index contributed by atoms with van der Waals surface area (Å²) in [5, 5.41) is 7.06. The maximum absolute atomic E-state index is 12.7. The Balaban J connectivity index is 1.54. The fourth-order valence-electron chi connectivity index (χ4n) is 4.65. The summed E-state index contributed by atoms with van der Waals surface area (Å²) < 4.78 is 10.5.